The number of carbonyl (C=O) groups is 2. The lowest BCUT2D eigenvalue weighted by Crippen LogP contribution is -2.45. The van der Waals surface area contributed by atoms with E-state index in [2.05, 4.69) is 0 Å². The first-order valence-corrected chi connectivity index (χ1v) is 8.56. The van der Waals surface area contributed by atoms with E-state index < -0.39 is 5.97 Å². The molecule has 5 nitrogen and oxygen atoms in total. The normalized spacial score (nSPS) is 14.5. The fraction of sp³-hybridized carbons (Fsp3) is 0.389. The van der Waals surface area contributed by atoms with E-state index in [1.165, 1.54) is 23.6 Å². The Balaban J connectivity index is 2.21. The zero-order valence-electron chi connectivity index (χ0n) is 13.8. The van der Waals surface area contributed by atoms with Crippen LogP contribution in [0, 0.1) is 0 Å². The number of piperidine rings is 1. The highest BCUT2D eigenvalue weighted by atomic mass is 32.1. The van der Waals surface area contributed by atoms with E-state index in [9.17, 15) is 9.59 Å². The van der Waals surface area contributed by atoms with Crippen molar-refractivity contribution in [1.82, 2.24) is 9.80 Å². The second kappa shape index (κ2) is 9.17. The van der Waals surface area contributed by atoms with Crippen LogP contribution in [0.2, 0.25) is 0 Å². The molecule has 0 spiro atoms. The number of carbonyl (C=O) groups excluding carboxylic acids is 2. The molecule has 0 unspecified atom stereocenters. The molecule has 1 amide bonds. The molecule has 128 valence electrons. The topological polar surface area (TPSA) is 49.9 Å². The minimum absolute atomic E-state index is 0.258. The number of amides is 1. The summed E-state index contributed by atoms with van der Waals surface area (Å²) in [5.41, 5.74) is 0.519. The molecule has 2 rings (SSSR count). The van der Waals surface area contributed by atoms with E-state index in [4.69, 9.17) is 17.0 Å². The van der Waals surface area contributed by atoms with Crippen LogP contribution < -0.4 is 0 Å². The third kappa shape index (κ3) is 4.89. The van der Waals surface area contributed by atoms with Gasteiger partial charge in [-0.05, 0) is 50.5 Å². The molecule has 0 saturated carbocycles. The fourth-order valence-electron chi connectivity index (χ4n) is 2.50. The van der Waals surface area contributed by atoms with Gasteiger partial charge in [0, 0.05) is 30.9 Å². The van der Waals surface area contributed by atoms with Gasteiger partial charge in [0.15, 0.2) is 5.11 Å². The Kier molecular flexibility index (Phi) is 6.93. The molecule has 1 heterocycles. The molecule has 0 N–H and O–H groups in total. The van der Waals surface area contributed by atoms with Gasteiger partial charge in [0.05, 0.1) is 6.61 Å². The lowest BCUT2D eigenvalue weighted by atomic mass is 10.1. The van der Waals surface area contributed by atoms with Crippen molar-refractivity contribution >= 4 is 29.2 Å². The second-order valence-corrected chi connectivity index (χ2v) is 5.80. The summed E-state index contributed by atoms with van der Waals surface area (Å²) < 4.78 is 4.88. The summed E-state index contributed by atoms with van der Waals surface area (Å²) >= 11 is 5.52. The smallest absolute Gasteiger partial charge is 0.332 e. The number of nitrogens with zero attached hydrogens (tertiary/aromatic N) is 2. The summed E-state index contributed by atoms with van der Waals surface area (Å²) in [6.45, 7) is 3.67. The van der Waals surface area contributed by atoms with Gasteiger partial charge >= 0.3 is 5.97 Å². The van der Waals surface area contributed by atoms with E-state index in [0.29, 0.717) is 10.7 Å². The Morgan fingerprint density at radius 3 is 2.50 bits per heavy atom. The number of esters is 1. The van der Waals surface area contributed by atoms with Crippen molar-refractivity contribution in [2.45, 2.75) is 26.2 Å². The van der Waals surface area contributed by atoms with Crippen LogP contribution in [0.5, 0.6) is 0 Å². The molecular weight excluding hydrogens is 324 g/mol. The summed E-state index contributed by atoms with van der Waals surface area (Å²) in [4.78, 5) is 27.8. The lowest BCUT2D eigenvalue weighted by molar-refractivity contribution is -0.137. The molecule has 6 heteroatoms. The Morgan fingerprint density at radius 1 is 1.21 bits per heavy atom. The van der Waals surface area contributed by atoms with Crippen molar-refractivity contribution in [2.75, 3.05) is 19.7 Å². The molecule has 1 aliphatic rings. The van der Waals surface area contributed by atoms with Crippen molar-refractivity contribution in [1.29, 1.82) is 0 Å². The van der Waals surface area contributed by atoms with Crippen LogP contribution in [0.25, 0.3) is 0 Å². The van der Waals surface area contributed by atoms with Gasteiger partial charge in [0.1, 0.15) is 0 Å². The molecule has 24 heavy (non-hydrogen) atoms. The van der Waals surface area contributed by atoms with Crippen LogP contribution in [0.4, 0.5) is 0 Å². The summed E-state index contributed by atoms with van der Waals surface area (Å²) in [7, 11) is 0. The molecule has 1 fully saturated rings. The van der Waals surface area contributed by atoms with Crippen molar-refractivity contribution in [3.8, 4) is 0 Å². The zero-order valence-corrected chi connectivity index (χ0v) is 14.6. The van der Waals surface area contributed by atoms with Crippen molar-refractivity contribution in [3.63, 3.8) is 0 Å². The molecule has 0 bridgehead atoms. The van der Waals surface area contributed by atoms with Gasteiger partial charge in [0.2, 0.25) is 0 Å². The third-order valence-electron chi connectivity index (χ3n) is 3.72. The Bertz CT molecular complexity index is 610. The van der Waals surface area contributed by atoms with Gasteiger partial charge in [-0.1, -0.05) is 18.2 Å². The van der Waals surface area contributed by atoms with Crippen LogP contribution in [0.3, 0.4) is 0 Å². The van der Waals surface area contributed by atoms with Crippen molar-refractivity contribution in [3.05, 3.63) is 48.2 Å². The Morgan fingerprint density at radius 2 is 1.88 bits per heavy atom. The number of ether oxygens (including phenoxy) is 1. The van der Waals surface area contributed by atoms with E-state index in [1.54, 1.807) is 31.2 Å². The minimum Gasteiger partial charge on any atom is -0.463 e. The quantitative estimate of drug-likeness (QED) is 0.477. The molecule has 1 aromatic carbocycles. The van der Waals surface area contributed by atoms with Crippen LogP contribution in [0.1, 0.15) is 36.5 Å². The standard InChI is InChI=1S/C18H22N2O3S/c1-2-23-16(21)11-14-20(17(22)15-9-5-3-6-10-15)18(24)19-12-7-4-8-13-19/h3,5-6,9-11,14H,2,4,7-8,12-13H2,1H3/b14-11+. The summed E-state index contributed by atoms with van der Waals surface area (Å²) in [5, 5.41) is 0.420. The maximum Gasteiger partial charge on any atom is 0.332 e. The molecule has 0 aliphatic carbocycles. The molecule has 1 saturated heterocycles. The van der Waals surface area contributed by atoms with E-state index in [1.807, 2.05) is 11.0 Å². The maximum atomic E-state index is 12.8. The molecule has 0 aromatic heterocycles. The van der Waals surface area contributed by atoms with Crippen LogP contribution in [-0.2, 0) is 9.53 Å². The summed E-state index contributed by atoms with van der Waals surface area (Å²) in [6.07, 6.45) is 5.92. The number of hydrogen-bond acceptors (Lipinski definition) is 4. The van der Waals surface area contributed by atoms with Crippen LogP contribution >= 0.6 is 12.2 Å². The highest BCUT2D eigenvalue weighted by Gasteiger charge is 2.23. The monoisotopic (exact) mass is 346 g/mol. The largest absolute Gasteiger partial charge is 0.463 e. The predicted octanol–water partition coefficient (Wildman–Crippen LogP) is 2.98. The fourth-order valence-corrected chi connectivity index (χ4v) is 2.83. The highest BCUT2D eigenvalue weighted by molar-refractivity contribution is 7.80. The molecule has 0 atom stereocenters. The Labute approximate surface area is 147 Å². The lowest BCUT2D eigenvalue weighted by Gasteiger charge is -2.33. The van der Waals surface area contributed by atoms with Crippen LogP contribution in [0.15, 0.2) is 42.6 Å². The SMILES string of the molecule is CCOC(=O)/C=C/N(C(=O)c1ccccc1)C(=S)N1CCCCC1. The van der Waals surface area contributed by atoms with Gasteiger partial charge < -0.3 is 9.64 Å². The average molecular weight is 346 g/mol. The number of likely N-dealkylation sites (tertiary alicyclic amines) is 1. The average Bonchev–Trinajstić information content (AvgIpc) is 2.63. The predicted molar refractivity (Wildman–Crippen MR) is 96.4 cm³/mol. The third-order valence-corrected chi connectivity index (χ3v) is 4.17. The van der Waals surface area contributed by atoms with E-state index in [0.717, 1.165) is 25.9 Å². The summed E-state index contributed by atoms with van der Waals surface area (Å²) in [5.74, 6) is -0.753. The molecular formula is C18H22N2O3S. The first kappa shape index (κ1) is 18.1. The second-order valence-electron chi connectivity index (χ2n) is 5.44. The van der Waals surface area contributed by atoms with Gasteiger partial charge in [0.25, 0.3) is 5.91 Å². The number of hydrogen-bond donors (Lipinski definition) is 0. The Hall–Kier alpha value is -2.21. The van der Waals surface area contributed by atoms with E-state index >= 15 is 0 Å². The maximum absolute atomic E-state index is 12.8. The minimum atomic E-state index is -0.496. The van der Waals surface area contributed by atoms with Gasteiger partial charge in [-0.25, -0.2) is 4.79 Å². The van der Waals surface area contributed by atoms with Gasteiger partial charge in [-0.3, -0.25) is 9.69 Å². The zero-order chi connectivity index (χ0) is 17.4. The highest BCUT2D eigenvalue weighted by Crippen LogP contribution is 2.14. The van der Waals surface area contributed by atoms with Gasteiger partial charge in [-0.15, -0.1) is 0 Å². The number of rotatable bonds is 4. The molecule has 0 radical (unpaired) electrons. The van der Waals surface area contributed by atoms with Crippen LogP contribution in [-0.4, -0.2) is 46.5 Å². The van der Waals surface area contributed by atoms with Crippen molar-refractivity contribution < 1.29 is 14.3 Å². The van der Waals surface area contributed by atoms with Gasteiger partial charge in [-0.2, -0.15) is 0 Å². The first-order chi connectivity index (χ1) is 11.6. The summed E-state index contributed by atoms with van der Waals surface area (Å²) in [6, 6.07) is 8.89. The molecule has 1 aliphatic heterocycles. The number of benzene rings is 1. The first-order valence-electron chi connectivity index (χ1n) is 8.16. The van der Waals surface area contributed by atoms with E-state index in [-0.39, 0.29) is 12.5 Å². The number of thiocarbonyl (C=S) groups is 1. The molecule has 1 aromatic rings. The van der Waals surface area contributed by atoms with Crippen molar-refractivity contribution in [2.24, 2.45) is 0 Å².